The normalized spacial score (nSPS) is 16.9. The van der Waals surface area contributed by atoms with Crippen molar-refractivity contribution in [1.29, 1.82) is 0 Å². The van der Waals surface area contributed by atoms with Crippen LogP contribution in [0, 0.1) is 5.92 Å². The highest BCUT2D eigenvalue weighted by atomic mass is 16.6. The zero-order valence-electron chi connectivity index (χ0n) is 43.3. The predicted molar refractivity (Wildman–Crippen MR) is 282 cm³/mol. The number of carbonyl (C=O) groups excluding carboxylic acids is 6. The lowest BCUT2D eigenvalue weighted by molar-refractivity contribution is -0.128. The Morgan fingerprint density at radius 1 is 0.707 bits per heavy atom. The molecule has 0 saturated heterocycles. The van der Waals surface area contributed by atoms with Gasteiger partial charge in [0.15, 0.2) is 23.0 Å². The topological polar surface area (TPSA) is 237 Å². The number of rotatable bonds is 24. The van der Waals surface area contributed by atoms with Crippen molar-refractivity contribution in [2.45, 2.75) is 104 Å². The molecule has 0 bridgehead atoms. The van der Waals surface area contributed by atoms with Gasteiger partial charge in [-0.3, -0.25) is 29.2 Å². The molecule has 0 aliphatic carbocycles. The summed E-state index contributed by atoms with van der Waals surface area (Å²) in [5.41, 5.74) is 5.21. The molecule has 20 heteroatoms. The number of amides is 6. The molecule has 20 nitrogen and oxygen atoms in total. The minimum Gasteiger partial charge on any atom is -0.493 e. The molecule has 4 aliphatic heterocycles. The second kappa shape index (κ2) is 25.7. The SMILES string of the molecule is C=CCOC(=O)N[C@H](C(=O)N[C@@H](C)C(=O)Nc1ccc(COC(=O)NCCCOc2cc3c(cc2OCCCCCOc2cc4c(cc2OC)C(=O)N2C=C(C)C[C@H]2C=N4)N=C[C@@H]2CC(C)=CN2C3=O)cc1)C(C)C. The molecule has 0 radical (unpaired) electrons. The Balaban J connectivity index is 0.851. The number of unbranched alkanes of at least 4 members (excludes halogenated alkanes) is 2. The first kappa shape index (κ1) is 54.6. The van der Waals surface area contributed by atoms with Crippen LogP contribution in [0.2, 0.25) is 0 Å². The van der Waals surface area contributed by atoms with Gasteiger partial charge in [0.1, 0.15) is 25.3 Å². The number of fused-ring (bicyclic) bond motifs is 4. The van der Waals surface area contributed by atoms with E-state index in [1.165, 1.54) is 13.0 Å². The number of anilines is 1. The third-order valence-electron chi connectivity index (χ3n) is 12.6. The number of alkyl carbamates (subject to hydrolysis) is 2. The van der Waals surface area contributed by atoms with E-state index in [2.05, 4.69) is 37.8 Å². The average Bonchev–Trinajstić information content (AvgIpc) is 3.90. The second-order valence-electron chi connectivity index (χ2n) is 18.9. The summed E-state index contributed by atoms with van der Waals surface area (Å²) in [6.07, 6.45) is 11.4. The van der Waals surface area contributed by atoms with Crippen LogP contribution in [-0.2, 0) is 25.7 Å². The van der Waals surface area contributed by atoms with Crippen LogP contribution in [0.4, 0.5) is 26.7 Å². The Bertz CT molecular complexity index is 2750. The Kier molecular flexibility index (Phi) is 18.7. The lowest BCUT2D eigenvalue weighted by Crippen LogP contribution is -2.53. The molecule has 3 aromatic carbocycles. The van der Waals surface area contributed by atoms with E-state index in [1.807, 2.05) is 32.5 Å². The first-order chi connectivity index (χ1) is 36.1. The van der Waals surface area contributed by atoms with E-state index >= 15 is 0 Å². The van der Waals surface area contributed by atoms with Gasteiger partial charge in [0, 0.05) is 49.2 Å². The fraction of sp³-hybridized carbons (Fsp3) is 0.418. The summed E-state index contributed by atoms with van der Waals surface area (Å²) < 4.78 is 34.5. The third kappa shape index (κ3) is 14.3. The van der Waals surface area contributed by atoms with Crippen LogP contribution in [0.5, 0.6) is 23.0 Å². The molecule has 0 unspecified atom stereocenters. The molecule has 0 aromatic heterocycles. The van der Waals surface area contributed by atoms with Crippen molar-refractivity contribution < 1.29 is 57.2 Å². The summed E-state index contributed by atoms with van der Waals surface area (Å²) >= 11 is 0. The number of hydrogen-bond donors (Lipinski definition) is 4. The van der Waals surface area contributed by atoms with Crippen LogP contribution in [0.3, 0.4) is 0 Å². The summed E-state index contributed by atoms with van der Waals surface area (Å²) in [6, 6.07) is 11.4. The van der Waals surface area contributed by atoms with E-state index in [0.717, 1.165) is 24.0 Å². The number of ether oxygens (including phenoxy) is 6. The van der Waals surface area contributed by atoms with Crippen LogP contribution in [0.25, 0.3) is 0 Å². The first-order valence-corrected chi connectivity index (χ1v) is 25.1. The Morgan fingerprint density at radius 2 is 1.25 bits per heavy atom. The molecule has 6 amide bonds. The fourth-order valence-corrected chi connectivity index (χ4v) is 8.59. The maximum absolute atomic E-state index is 13.7. The van der Waals surface area contributed by atoms with Crippen LogP contribution < -0.4 is 40.2 Å². The fourth-order valence-electron chi connectivity index (χ4n) is 8.59. The molecule has 75 heavy (non-hydrogen) atoms. The maximum atomic E-state index is 13.7. The summed E-state index contributed by atoms with van der Waals surface area (Å²) in [4.78, 5) is 90.2. The number of nitrogens with zero attached hydrogens (tertiary/aromatic N) is 4. The van der Waals surface area contributed by atoms with E-state index in [0.29, 0.717) is 95.6 Å². The number of hydrogen-bond acceptors (Lipinski definition) is 14. The van der Waals surface area contributed by atoms with Crippen LogP contribution in [-0.4, -0.2) is 122 Å². The van der Waals surface area contributed by atoms with Crippen molar-refractivity contribution in [2.75, 3.05) is 45.4 Å². The van der Waals surface area contributed by atoms with E-state index < -0.39 is 36.1 Å². The van der Waals surface area contributed by atoms with Gasteiger partial charge in [0.25, 0.3) is 11.8 Å². The quantitative estimate of drug-likeness (QED) is 0.0492. The Labute approximate surface area is 436 Å². The average molecular weight is 1030 g/mol. The zero-order chi connectivity index (χ0) is 53.6. The lowest BCUT2D eigenvalue weighted by Gasteiger charge is -2.23. The van der Waals surface area contributed by atoms with Gasteiger partial charge in [-0.2, -0.15) is 0 Å². The third-order valence-corrected chi connectivity index (χ3v) is 12.6. The molecule has 0 spiro atoms. The predicted octanol–water partition coefficient (Wildman–Crippen LogP) is 8.07. The van der Waals surface area contributed by atoms with Crippen LogP contribution in [0.1, 0.15) is 99.4 Å². The standard InChI is InChI=1S/C55H66N8O12/c1-8-18-74-55(69)61-49(33(2)3)51(65)59-36(6)50(64)60-38-15-13-37(14-16-38)32-75-54(68)56-17-12-21-73-46-25-42-44(58-29-40-23-35(5)31-63(40)53(42)67)27-48(46)72-20-11-9-10-19-71-47-26-43-41(24-45(47)70-7)52(66)62-30-34(4)22-39(62)28-57-43/h8,13-16,24-31,33,36,39-40,49H,1,9-12,17-23,32H2,2-7H3,(H,56,68)(H,59,65)(H,60,64)(H,61,69)/t36-,39-,40-,49-/m0/s1. The highest BCUT2D eigenvalue weighted by Crippen LogP contribution is 2.40. The van der Waals surface area contributed by atoms with E-state index in [4.69, 9.17) is 28.4 Å². The van der Waals surface area contributed by atoms with E-state index in [9.17, 15) is 28.8 Å². The molecular formula is C55H66N8O12. The zero-order valence-corrected chi connectivity index (χ0v) is 43.3. The largest absolute Gasteiger partial charge is 0.493 e. The number of benzene rings is 3. The molecular weight excluding hydrogens is 965 g/mol. The number of nitrogens with one attached hydrogen (secondary N) is 4. The molecule has 7 rings (SSSR count). The Hall–Kier alpha value is -8.16. The molecule has 4 atom stereocenters. The van der Waals surface area contributed by atoms with E-state index in [1.54, 1.807) is 85.5 Å². The molecule has 4 N–H and O–H groups in total. The minimum atomic E-state index is -0.926. The lowest BCUT2D eigenvalue weighted by atomic mass is 10.0. The van der Waals surface area contributed by atoms with Crippen molar-refractivity contribution in [3.63, 3.8) is 0 Å². The van der Waals surface area contributed by atoms with Gasteiger partial charge in [-0.25, -0.2) is 9.59 Å². The number of carbonyl (C=O) groups is 6. The van der Waals surface area contributed by atoms with Gasteiger partial charge >= 0.3 is 12.2 Å². The van der Waals surface area contributed by atoms with Crippen LogP contribution >= 0.6 is 0 Å². The first-order valence-electron chi connectivity index (χ1n) is 25.1. The molecule has 0 saturated carbocycles. The minimum absolute atomic E-state index is 0.0119. The monoisotopic (exact) mass is 1030 g/mol. The number of methoxy groups -OCH3 is 1. The van der Waals surface area contributed by atoms with Crippen molar-refractivity contribution in [1.82, 2.24) is 25.8 Å². The van der Waals surface area contributed by atoms with Gasteiger partial charge in [-0.05, 0) is 95.0 Å². The molecule has 398 valence electrons. The molecule has 4 aliphatic rings. The molecule has 3 aromatic rings. The van der Waals surface area contributed by atoms with Gasteiger partial charge in [-0.15, -0.1) is 0 Å². The van der Waals surface area contributed by atoms with Gasteiger partial charge in [0.2, 0.25) is 11.8 Å². The van der Waals surface area contributed by atoms with Gasteiger partial charge in [0.05, 0.1) is 61.5 Å². The summed E-state index contributed by atoms with van der Waals surface area (Å²) in [6.45, 7) is 13.6. The second-order valence-corrected chi connectivity index (χ2v) is 18.9. The van der Waals surface area contributed by atoms with Gasteiger partial charge in [-0.1, -0.05) is 49.8 Å². The molecule has 4 heterocycles. The van der Waals surface area contributed by atoms with E-state index in [-0.39, 0.29) is 56.2 Å². The molecule has 0 fully saturated rings. The summed E-state index contributed by atoms with van der Waals surface area (Å²) in [5, 5.41) is 10.6. The van der Waals surface area contributed by atoms with Crippen molar-refractivity contribution in [2.24, 2.45) is 15.9 Å². The highest BCUT2D eigenvalue weighted by molar-refractivity contribution is 6.05. The Morgan fingerprint density at radius 3 is 1.81 bits per heavy atom. The van der Waals surface area contributed by atoms with Crippen molar-refractivity contribution in [3.05, 3.63) is 101 Å². The smallest absolute Gasteiger partial charge is 0.408 e. The highest BCUT2D eigenvalue weighted by Gasteiger charge is 2.34. The van der Waals surface area contributed by atoms with Crippen LogP contribution in [0.15, 0.2) is 94.7 Å². The summed E-state index contributed by atoms with van der Waals surface area (Å²) in [7, 11) is 1.54. The van der Waals surface area contributed by atoms with Crippen molar-refractivity contribution in [3.8, 4) is 23.0 Å². The summed E-state index contributed by atoms with van der Waals surface area (Å²) in [5.74, 6) is 0.167. The van der Waals surface area contributed by atoms with Crippen molar-refractivity contribution >= 4 is 65.3 Å². The van der Waals surface area contributed by atoms with Gasteiger partial charge < -0.3 is 59.5 Å². The number of aliphatic imine (C=N–C) groups is 2. The maximum Gasteiger partial charge on any atom is 0.408 e.